The lowest BCUT2D eigenvalue weighted by Crippen LogP contribution is -2.42. The van der Waals surface area contributed by atoms with E-state index in [0.29, 0.717) is 30.3 Å². The number of nitrogens with two attached hydrogens (primary N) is 1. The second kappa shape index (κ2) is 8.46. The maximum absolute atomic E-state index is 13.1. The van der Waals surface area contributed by atoms with E-state index in [1.54, 1.807) is 11.8 Å². The molecule has 0 aliphatic carbocycles. The molecule has 1 aromatic heterocycles. The van der Waals surface area contributed by atoms with Crippen LogP contribution < -0.4 is 10.5 Å². The Kier molecular flexibility index (Phi) is 6.02. The first-order valence-electron chi connectivity index (χ1n) is 9.70. The number of benzene rings is 1. The molecule has 150 valence electrons. The first-order chi connectivity index (χ1) is 13.4. The van der Waals surface area contributed by atoms with Gasteiger partial charge in [0, 0.05) is 25.4 Å². The number of carbonyl (C=O) groups is 2. The van der Waals surface area contributed by atoms with Gasteiger partial charge in [0.05, 0.1) is 24.6 Å². The van der Waals surface area contributed by atoms with Crippen molar-refractivity contribution in [2.45, 2.75) is 33.1 Å². The lowest BCUT2D eigenvalue weighted by atomic mass is 9.90. The molecule has 2 heterocycles. The fraction of sp³-hybridized carbons (Fsp3) is 0.476. The standard InChI is InChI=1S/C21H28N4O3/c1-14(2)11-19(26)24-10-4-5-15(13-24)20(27)18-12-23-25(21(18)22)16-6-8-17(28-3)9-7-16/h6-9,12,14-15H,4-5,10-11,13,22H2,1-3H3/t15-/m1/s1. The third-order valence-corrected chi connectivity index (χ3v) is 5.12. The number of hydrogen-bond donors (Lipinski definition) is 1. The van der Waals surface area contributed by atoms with Gasteiger partial charge in [-0.15, -0.1) is 0 Å². The molecule has 0 unspecified atom stereocenters. The van der Waals surface area contributed by atoms with Crippen molar-refractivity contribution in [3.05, 3.63) is 36.0 Å². The van der Waals surface area contributed by atoms with Crippen molar-refractivity contribution in [3.63, 3.8) is 0 Å². The zero-order chi connectivity index (χ0) is 20.3. The van der Waals surface area contributed by atoms with E-state index in [-0.39, 0.29) is 17.6 Å². The summed E-state index contributed by atoms with van der Waals surface area (Å²) in [7, 11) is 1.60. The van der Waals surface area contributed by atoms with Gasteiger partial charge >= 0.3 is 0 Å². The fourth-order valence-electron chi connectivity index (χ4n) is 3.59. The average Bonchev–Trinajstić information content (AvgIpc) is 3.08. The molecule has 1 aliphatic rings. The molecule has 28 heavy (non-hydrogen) atoms. The van der Waals surface area contributed by atoms with Crippen LogP contribution in [0.4, 0.5) is 5.82 Å². The maximum atomic E-state index is 13.1. The molecule has 2 aromatic rings. The largest absolute Gasteiger partial charge is 0.497 e. The van der Waals surface area contributed by atoms with Crippen molar-refractivity contribution < 1.29 is 14.3 Å². The summed E-state index contributed by atoms with van der Waals surface area (Å²) in [6.07, 6.45) is 3.62. The van der Waals surface area contributed by atoms with Crippen LogP contribution in [0.3, 0.4) is 0 Å². The van der Waals surface area contributed by atoms with Crippen LogP contribution in [0.15, 0.2) is 30.5 Å². The van der Waals surface area contributed by atoms with Gasteiger partial charge in [-0.2, -0.15) is 5.10 Å². The number of piperidine rings is 1. The van der Waals surface area contributed by atoms with E-state index in [0.717, 1.165) is 30.8 Å². The molecule has 1 aliphatic heterocycles. The van der Waals surface area contributed by atoms with E-state index in [2.05, 4.69) is 5.10 Å². The molecule has 2 N–H and O–H groups in total. The predicted molar refractivity (Wildman–Crippen MR) is 108 cm³/mol. The second-order valence-electron chi connectivity index (χ2n) is 7.69. The molecule has 1 aromatic carbocycles. The number of carbonyl (C=O) groups excluding carboxylic acids is 2. The Bertz CT molecular complexity index is 842. The molecule has 1 atom stereocenters. The van der Waals surface area contributed by atoms with Crippen LogP contribution in [0.5, 0.6) is 5.75 Å². The molecule has 7 heteroatoms. The summed E-state index contributed by atoms with van der Waals surface area (Å²) < 4.78 is 6.72. The highest BCUT2D eigenvalue weighted by Crippen LogP contribution is 2.26. The van der Waals surface area contributed by atoms with Gasteiger partial charge in [-0.05, 0) is 43.0 Å². The minimum absolute atomic E-state index is 0.0423. The van der Waals surface area contributed by atoms with E-state index in [1.807, 2.05) is 43.0 Å². The monoisotopic (exact) mass is 384 g/mol. The molecule has 1 amide bonds. The normalized spacial score (nSPS) is 17.0. The molecule has 0 spiro atoms. The number of nitrogen functional groups attached to an aromatic ring is 1. The molecule has 7 nitrogen and oxygen atoms in total. The zero-order valence-electron chi connectivity index (χ0n) is 16.7. The molecule has 1 saturated heterocycles. The highest BCUT2D eigenvalue weighted by Gasteiger charge is 2.31. The lowest BCUT2D eigenvalue weighted by Gasteiger charge is -2.32. The highest BCUT2D eigenvalue weighted by atomic mass is 16.5. The highest BCUT2D eigenvalue weighted by molar-refractivity contribution is 6.02. The van der Waals surface area contributed by atoms with E-state index >= 15 is 0 Å². The van der Waals surface area contributed by atoms with Crippen molar-refractivity contribution >= 4 is 17.5 Å². The first kappa shape index (κ1) is 19.9. The first-order valence-corrected chi connectivity index (χ1v) is 9.70. The van der Waals surface area contributed by atoms with Crippen molar-refractivity contribution in [1.82, 2.24) is 14.7 Å². The van der Waals surface area contributed by atoms with Crippen LogP contribution in [0.1, 0.15) is 43.5 Å². The van der Waals surface area contributed by atoms with E-state index in [9.17, 15) is 9.59 Å². The predicted octanol–water partition coefficient (Wildman–Crippen LogP) is 2.93. The van der Waals surface area contributed by atoms with Crippen molar-refractivity contribution in [2.75, 3.05) is 25.9 Å². The Morgan fingerprint density at radius 3 is 2.64 bits per heavy atom. The zero-order valence-corrected chi connectivity index (χ0v) is 16.7. The number of likely N-dealkylation sites (tertiary alicyclic amines) is 1. The van der Waals surface area contributed by atoms with Crippen LogP contribution >= 0.6 is 0 Å². The number of nitrogens with zero attached hydrogens (tertiary/aromatic N) is 3. The second-order valence-corrected chi connectivity index (χ2v) is 7.69. The minimum atomic E-state index is -0.235. The van der Waals surface area contributed by atoms with Crippen molar-refractivity contribution in [1.29, 1.82) is 0 Å². The number of aromatic nitrogens is 2. The molecule has 0 radical (unpaired) electrons. The van der Waals surface area contributed by atoms with Crippen molar-refractivity contribution in [3.8, 4) is 11.4 Å². The van der Waals surface area contributed by atoms with Crippen molar-refractivity contribution in [2.24, 2.45) is 11.8 Å². The van der Waals surface area contributed by atoms with E-state index in [1.165, 1.54) is 6.20 Å². The fourth-order valence-corrected chi connectivity index (χ4v) is 3.59. The summed E-state index contributed by atoms with van der Waals surface area (Å²) in [5.41, 5.74) is 7.42. The number of rotatable bonds is 6. The van der Waals surface area contributed by atoms with Crippen LogP contribution in [0.2, 0.25) is 0 Å². The minimum Gasteiger partial charge on any atom is -0.497 e. The molecule has 3 rings (SSSR count). The number of methoxy groups -OCH3 is 1. The molecular formula is C21H28N4O3. The average molecular weight is 384 g/mol. The number of amides is 1. The Morgan fingerprint density at radius 1 is 1.29 bits per heavy atom. The summed E-state index contributed by atoms with van der Waals surface area (Å²) in [4.78, 5) is 27.3. The van der Waals surface area contributed by atoms with Gasteiger partial charge in [0.2, 0.25) is 5.91 Å². The summed E-state index contributed by atoms with van der Waals surface area (Å²) in [5, 5.41) is 4.30. The topological polar surface area (TPSA) is 90.5 Å². The Balaban J connectivity index is 1.75. The Morgan fingerprint density at radius 2 is 2.00 bits per heavy atom. The van der Waals surface area contributed by atoms with Gasteiger partial charge in [0.1, 0.15) is 11.6 Å². The molecule has 0 saturated carbocycles. The van der Waals surface area contributed by atoms with Gasteiger partial charge in [0.25, 0.3) is 0 Å². The van der Waals surface area contributed by atoms with Gasteiger partial charge in [-0.25, -0.2) is 4.68 Å². The van der Waals surface area contributed by atoms with Crippen LogP contribution in [0, 0.1) is 11.8 Å². The molecular weight excluding hydrogens is 356 g/mol. The van der Waals surface area contributed by atoms with E-state index in [4.69, 9.17) is 10.5 Å². The Labute approximate surface area is 165 Å². The lowest BCUT2D eigenvalue weighted by molar-refractivity contribution is -0.133. The van der Waals surface area contributed by atoms with Gasteiger partial charge in [-0.1, -0.05) is 13.8 Å². The quantitative estimate of drug-likeness (QED) is 0.774. The Hall–Kier alpha value is -2.83. The third-order valence-electron chi connectivity index (χ3n) is 5.12. The number of ketones is 1. The number of ether oxygens (including phenoxy) is 1. The summed E-state index contributed by atoms with van der Waals surface area (Å²) >= 11 is 0. The van der Waals surface area contributed by atoms with Gasteiger partial charge < -0.3 is 15.4 Å². The summed E-state index contributed by atoms with van der Waals surface area (Å²) in [5.74, 6) is 1.20. The van der Waals surface area contributed by atoms with Crippen LogP contribution in [0.25, 0.3) is 5.69 Å². The van der Waals surface area contributed by atoms with Crippen LogP contribution in [-0.4, -0.2) is 46.6 Å². The van der Waals surface area contributed by atoms with Gasteiger partial charge in [0.15, 0.2) is 5.78 Å². The third kappa shape index (κ3) is 4.18. The number of hydrogen-bond acceptors (Lipinski definition) is 5. The SMILES string of the molecule is COc1ccc(-n2ncc(C(=O)[C@@H]3CCCN(C(=O)CC(C)C)C3)c2N)cc1. The van der Waals surface area contributed by atoms with Gasteiger partial charge in [-0.3, -0.25) is 9.59 Å². The molecule has 1 fully saturated rings. The molecule has 0 bridgehead atoms. The number of Topliss-reactive ketones (excluding diaryl/α,β-unsaturated/α-hetero) is 1. The summed E-state index contributed by atoms with van der Waals surface area (Å²) in [6, 6.07) is 7.31. The maximum Gasteiger partial charge on any atom is 0.222 e. The van der Waals surface area contributed by atoms with E-state index < -0.39 is 0 Å². The number of anilines is 1. The van der Waals surface area contributed by atoms with Crippen LogP contribution in [-0.2, 0) is 4.79 Å². The summed E-state index contributed by atoms with van der Waals surface area (Å²) in [6.45, 7) is 5.23. The smallest absolute Gasteiger partial charge is 0.222 e.